The Hall–Kier alpha value is -0.800. The van der Waals surface area contributed by atoms with E-state index >= 15 is 0 Å². The Morgan fingerprint density at radius 2 is 1.78 bits per heavy atom. The van der Waals surface area contributed by atoms with Crippen LogP contribution in [-0.4, -0.2) is 18.1 Å². The van der Waals surface area contributed by atoms with Crippen LogP contribution < -0.4 is 5.32 Å². The minimum atomic E-state index is 0.659. The molecule has 1 aliphatic rings. The number of aryl methyl sites for hydroxylation is 2. The Kier molecular flexibility index (Phi) is 3.20. The number of hydrogen-bond donors (Lipinski definition) is 2. The standard InChI is InChI=1S/C15H19BrN2/c1-9-3-4-10(2)14-12(9)13(16)15(18-14)11-5-7-17-8-6-11/h3-4,11,17-18H,5-8H2,1-2H3. The van der Waals surface area contributed by atoms with Gasteiger partial charge in [-0.15, -0.1) is 0 Å². The maximum Gasteiger partial charge on any atom is 0.0500 e. The van der Waals surface area contributed by atoms with Crippen molar-refractivity contribution < 1.29 is 0 Å². The molecular weight excluding hydrogens is 288 g/mol. The molecule has 0 atom stereocenters. The van der Waals surface area contributed by atoms with Gasteiger partial charge in [-0.2, -0.15) is 0 Å². The van der Waals surface area contributed by atoms with E-state index in [1.54, 1.807) is 0 Å². The molecule has 0 unspecified atom stereocenters. The fraction of sp³-hybridized carbons (Fsp3) is 0.467. The molecular formula is C15H19BrN2. The number of H-pyrrole nitrogens is 1. The summed E-state index contributed by atoms with van der Waals surface area (Å²) in [6, 6.07) is 4.41. The normalized spacial score (nSPS) is 17.5. The minimum Gasteiger partial charge on any atom is -0.357 e. The van der Waals surface area contributed by atoms with Gasteiger partial charge in [-0.3, -0.25) is 0 Å². The third-order valence-electron chi connectivity index (χ3n) is 4.09. The highest BCUT2D eigenvalue weighted by atomic mass is 79.9. The molecule has 1 fully saturated rings. The lowest BCUT2D eigenvalue weighted by Gasteiger charge is -2.22. The average Bonchev–Trinajstić information content (AvgIpc) is 2.74. The Balaban J connectivity index is 2.16. The van der Waals surface area contributed by atoms with Gasteiger partial charge < -0.3 is 10.3 Å². The number of rotatable bonds is 1. The van der Waals surface area contributed by atoms with Gasteiger partial charge in [0.2, 0.25) is 0 Å². The summed E-state index contributed by atoms with van der Waals surface area (Å²) < 4.78 is 1.28. The zero-order valence-corrected chi connectivity index (χ0v) is 12.5. The Labute approximate surface area is 116 Å². The second kappa shape index (κ2) is 4.71. The molecule has 2 heterocycles. The zero-order chi connectivity index (χ0) is 12.7. The molecule has 1 aromatic heterocycles. The van der Waals surface area contributed by atoms with Crippen LogP contribution in [-0.2, 0) is 0 Å². The largest absolute Gasteiger partial charge is 0.357 e. The highest BCUT2D eigenvalue weighted by Crippen LogP contribution is 2.38. The predicted octanol–water partition coefficient (Wildman–Crippen LogP) is 4.01. The predicted molar refractivity (Wildman–Crippen MR) is 80.3 cm³/mol. The number of nitrogens with one attached hydrogen (secondary N) is 2. The van der Waals surface area contributed by atoms with E-state index in [2.05, 4.69) is 52.2 Å². The summed E-state index contributed by atoms with van der Waals surface area (Å²) in [6.07, 6.45) is 2.45. The molecule has 3 rings (SSSR count). The smallest absolute Gasteiger partial charge is 0.0500 e. The molecule has 0 radical (unpaired) electrons. The maximum atomic E-state index is 3.82. The number of aromatic nitrogens is 1. The maximum absolute atomic E-state index is 3.82. The molecule has 2 nitrogen and oxygen atoms in total. The molecule has 0 spiro atoms. The lowest BCUT2D eigenvalue weighted by Crippen LogP contribution is -2.26. The molecule has 2 N–H and O–H groups in total. The van der Waals surface area contributed by atoms with Crippen molar-refractivity contribution in [3.8, 4) is 0 Å². The van der Waals surface area contributed by atoms with Gasteiger partial charge >= 0.3 is 0 Å². The van der Waals surface area contributed by atoms with Crippen molar-refractivity contribution in [1.29, 1.82) is 0 Å². The second-order valence-electron chi connectivity index (χ2n) is 5.33. The van der Waals surface area contributed by atoms with Crippen molar-refractivity contribution in [1.82, 2.24) is 10.3 Å². The van der Waals surface area contributed by atoms with Gasteiger partial charge in [0.05, 0.1) is 0 Å². The molecule has 0 amide bonds. The summed E-state index contributed by atoms with van der Waals surface area (Å²) in [5.41, 5.74) is 5.37. The van der Waals surface area contributed by atoms with Crippen molar-refractivity contribution in [3.63, 3.8) is 0 Å². The first-order valence-electron chi connectivity index (χ1n) is 6.66. The Bertz CT molecular complexity index is 580. The molecule has 3 heteroatoms. The summed E-state index contributed by atoms with van der Waals surface area (Å²) in [6.45, 7) is 6.62. The summed E-state index contributed by atoms with van der Waals surface area (Å²) in [4.78, 5) is 3.67. The van der Waals surface area contributed by atoms with Crippen LogP contribution in [0.3, 0.4) is 0 Å². The topological polar surface area (TPSA) is 27.8 Å². The van der Waals surface area contributed by atoms with Crippen LogP contribution in [0.25, 0.3) is 10.9 Å². The van der Waals surface area contributed by atoms with Crippen LogP contribution in [0.5, 0.6) is 0 Å². The van der Waals surface area contributed by atoms with Crippen LogP contribution in [0.2, 0.25) is 0 Å². The molecule has 1 aromatic carbocycles. The molecule has 18 heavy (non-hydrogen) atoms. The van der Waals surface area contributed by atoms with Crippen molar-refractivity contribution in [2.24, 2.45) is 0 Å². The van der Waals surface area contributed by atoms with E-state index in [9.17, 15) is 0 Å². The van der Waals surface area contributed by atoms with Crippen molar-refractivity contribution in [2.45, 2.75) is 32.6 Å². The summed E-state index contributed by atoms with van der Waals surface area (Å²) in [5.74, 6) is 0.659. The van der Waals surface area contributed by atoms with Crippen molar-refractivity contribution in [2.75, 3.05) is 13.1 Å². The molecule has 2 aromatic rings. The van der Waals surface area contributed by atoms with Crippen molar-refractivity contribution >= 4 is 26.8 Å². The number of piperidine rings is 1. The van der Waals surface area contributed by atoms with E-state index in [4.69, 9.17) is 0 Å². The molecule has 0 bridgehead atoms. The zero-order valence-electron chi connectivity index (χ0n) is 10.9. The lowest BCUT2D eigenvalue weighted by molar-refractivity contribution is 0.454. The van der Waals surface area contributed by atoms with E-state index in [0.29, 0.717) is 5.92 Å². The SMILES string of the molecule is Cc1ccc(C)c2c(Br)c(C3CCNCC3)[nH]c12. The monoisotopic (exact) mass is 306 g/mol. The van der Waals surface area contributed by atoms with E-state index in [1.165, 1.54) is 45.0 Å². The average molecular weight is 307 g/mol. The van der Waals surface area contributed by atoms with E-state index < -0.39 is 0 Å². The minimum absolute atomic E-state index is 0.659. The van der Waals surface area contributed by atoms with Gasteiger partial charge in [-0.25, -0.2) is 0 Å². The summed E-state index contributed by atoms with van der Waals surface area (Å²) in [5, 5.41) is 4.80. The van der Waals surface area contributed by atoms with Crippen LogP contribution in [0, 0.1) is 13.8 Å². The molecule has 0 saturated carbocycles. The van der Waals surface area contributed by atoms with Gasteiger partial charge in [-0.1, -0.05) is 12.1 Å². The Morgan fingerprint density at radius 3 is 2.44 bits per heavy atom. The van der Waals surface area contributed by atoms with Crippen LogP contribution in [0.4, 0.5) is 0 Å². The van der Waals surface area contributed by atoms with E-state index in [0.717, 1.165) is 13.1 Å². The van der Waals surface area contributed by atoms with Crippen molar-refractivity contribution in [3.05, 3.63) is 33.4 Å². The fourth-order valence-corrected chi connectivity index (χ4v) is 3.90. The summed E-state index contributed by atoms with van der Waals surface area (Å²) in [7, 11) is 0. The lowest BCUT2D eigenvalue weighted by atomic mass is 9.94. The summed E-state index contributed by atoms with van der Waals surface area (Å²) >= 11 is 3.82. The fourth-order valence-electron chi connectivity index (χ4n) is 2.97. The van der Waals surface area contributed by atoms with Gasteiger partial charge in [0.15, 0.2) is 0 Å². The van der Waals surface area contributed by atoms with Gasteiger partial charge in [0, 0.05) is 27.0 Å². The highest BCUT2D eigenvalue weighted by molar-refractivity contribution is 9.10. The van der Waals surface area contributed by atoms with Crippen LogP contribution in [0.1, 0.15) is 35.6 Å². The molecule has 1 aliphatic heterocycles. The third-order valence-corrected chi connectivity index (χ3v) is 4.91. The molecule has 0 aliphatic carbocycles. The number of aromatic amines is 1. The molecule has 1 saturated heterocycles. The van der Waals surface area contributed by atoms with Gasteiger partial charge in [0.1, 0.15) is 0 Å². The first kappa shape index (κ1) is 12.2. The number of fused-ring (bicyclic) bond motifs is 1. The molecule has 96 valence electrons. The van der Waals surface area contributed by atoms with Gasteiger partial charge in [0.25, 0.3) is 0 Å². The number of benzene rings is 1. The quantitative estimate of drug-likeness (QED) is 0.818. The first-order chi connectivity index (χ1) is 8.68. The highest BCUT2D eigenvalue weighted by Gasteiger charge is 2.22. The Morgan fingerprint density at radius 1 is 1.11 bits per heavy atom. The van der Waals surface area contributed by atoms with E-state index in [1.807, 2.05) is 0 Å². The van der Waals surface area contributed by atoms with E-state index in [-0.39, 0.29) is 0 Å². The second-order valence-corrected chi connectivity index (χ2v) is 6.12. The number of halogens is 1. The van der Waals surface area contributed by atoms with Gasteiger partial charge in [-0.05, 0) is 66.8 Å². The van der Waals surface area contributed by atoms with Crippen LogP contribution >= 0.6 is 15.9 Å². The number of hydrogen-bond acceptors (Lipinski definition) is 1. The third kappa shape index (κ3) is 1.90. The van der Waals surface area contributed by atoms with Crippen LogP contribution in [0.15, 0.2) is 16.6 Å². The first-order valence-corrected chi connectivity index (χ1v) is 7.45.